The third-order valence-electron chi connectivity index (χ3n) is 8.32. The summed E-state index contributed by atoms with van der Waals surface area (Å²) in [7, 11) is 0. The maximum Gasteiger partial charge on any atom is 0.161 e. The lowest BCUT2D eigenvalue weighted by Crippen LogP contribution is -2.14. The summed E-state index contributed by atoms with van der Waals surface area (Å²) < 4.78 is 9.25. The summed E-state index contributed by atoms with van der Waals surface area (Å²) in [4.78, 5) is 0. The number of para-hydroxylation sites is 1. The molecule has 0 amide bonds. The lowest BCUT2D eigenvalue weighted by Gasteiger charge is -2.18. The molecule has 0 bridgehead atoms. The van der Waals surface area contributed by atoms with Crippen molar-refractivity contribution in [2.45, 2.75) is 19.3 Å². The first-order chi connectivity index (χ1) is 19.1. The highest BCUT2D eigenvalue weighted by Crippen LogP contribution is 2.54. The number of benzene rings is 5. The van der Waals surface area contributed by atoms with Gasteiger partial charge in [0.05, 0.1) is 5.52 Å². The average molecular weight is 502 g/mol. The molecule has 0 saturated heterocycles. The second-order valence-electron chi connectivity index (χ2n) is 11.0. The van der Waals surface area contributed by atoms with E-state index in [1.165, 1.54) is 38.9 Å². The Labute approximate surface area is 227 Å². The van der Waals surface area contributed by atoms with E-state index in [0.29, 0.717) is 0 Å². The number of hydrogen-bond donors (Lipinski definition) is 0. The summed E-state index contributed by atoms with van der Waals surface area (Å²) in [5, 5.41) is 1.14. The standard InChI is InChI=1S/C37H27NO/c1-37(2)31-19-11-9-17-29(31)33-34-35(39-36(33)37)30-18-10-12-20-32(30)38(34)28-22-26(24-13-5-3-6-14-24)21-27(23-28)25-15-7-4-8-16-25/h3-23H,1-2H3. The van der Waals surface area contributed by atoms with Gasteiger partial charge in [-0.25, -0.2) is 0 Å². The third-order valence-corrected chi connectivity index (χ3v) is 8.32. The van der Waals surface area contributed by atoms with Crippen molar-refractivity contribution in [1.82, 2.24) is 4.57 Å². The fourth-order valence-electron chi connectivity index (χ4n) is 6.46. The molecule has 0 spiro atoms. The molecule has 2 heterocycles. The second kappa shape index (κ2) is 8.09. The molecule has 0 atom stereocenters. The molecule has 0 aliphatic heterocycles. The molecule has 0 radical (unpaired) electrons. The first-order valence-corrected chi connectivity index (χ1v) is 13.5. The van der Waals surface area contributed by atoms with Crippen LogP contribution in [0.2, 0.25) is 0 Å². The summed E-state index contributed by atoms with van der Waals surface area (Å²) in [6.07, 6.45) is 0. The Hall–Kier alpha value is -4.82. The van der Waals surface area contributed by atoms with Gasteiger partial charge in [-0.1, -0.05) is 97.1 Å². The van der Waals surface area contributed by atoms with E-state index in [0.717, 1.165) is 33.5 Å². The van der Waals surface area contributed by atoms with Crippen LogP contribution in [-0.2, 0) is 5.41 Å². The number of hydrogen-bond acceptors (Lipinski definition) is 1. The van der Waals surface area contributed by atoms with E-state index in [9.17, 15) is 0 Å². The van der Waals surface area contributed by atoms with E-state index in [4.69, 9.17) is 4.42 Å². The molecule has 2 nitrogen and oxygen atoms in total. The highest BCUT2D eigenvalue weighted by Gasteiger charge is 2.42. The van der Waals surface area contributed by atoms with E-state index >= 15 is 0 Å². The van der Waals surface area contributed by atoms with Gasteiger partial charge in [-0.15, -0.1) is 0 Å². The Kier molecular flexibility index (Phi) is 4.60. The van der Waals surface area contributed by atoms with Gasteiger partial charge in [0.1, 0.15) is 11.3 Å². The quantitative estimate of drug-likeness (QED) is 0.236. The Balaban J connectivity index is 1.50. The number of furan rings is 1. The lowest BCUT2D eigenvalue weighted by atomic mass is 9.86. The van der Waals surface area contributed by atoms with E-state index < -0.39 is 0 Å². The normalized spacial score (nSPS) is 13.6. The van der Waals surface area contributed by atoms with Gasteiger partial charge < -0.3 is 8.98 Å². The smallest absolute Gasteiger partial charge is 0.161 e. The topological polar surface area (TPSA) is 18.1 Å². The van der Waals surface area contributed by atoms with Gasteiger partial charge in [-0.2, -0.15) is 0 Å². The zero-order valence-electron chi connectivity index (χ0n) is 22.0. The molecule has 0 unspecified atom stereocenters. The van der Waals surface area contributed by atoms with E-state index in [-0.39, 0.29) is 5.41 Å². The molecular formula is C37H27NO. The maximum atomic E-state index is 6.83. The molecule has 0 saturated carbocycles. The zero-order chi connectivity index (χ0) is 26.1. The molecule has 2 aromatic heterocycles. The van der Waals surface area contributed by atoms with Crippen LogP contribution in [0, 0.1) is 0 Å². The fraction of sp³-hybridized carbons (Fsp3) is 0.0811. The van der Waals surface area contributed by atoms with Crippen molar-refractivity contribution in [3.8, 4) is 39.1 Å². The molecule has 39 heavy (non-hydrogen) atoms. The van der Waals surface area contributed by atoms with Crippen molar-refractivity contribution >= 4 is 22.0 Å². The second-order valence-corrected chi connectivity index (χ2v) is 11.0. The number of aromatic nitrogens is 1. The van der Waals surface area contributed by atoms with Crippen LogP contribution >= 0.6 is 0 Å². The van der Waals surface area contributed by atoms with Gasteiger partial charge in [0.2, 0.25) is 0 Å². The SMILES string of the molecule is CC1(C)c2ccccc2-c2c1oc1c3ccccc3n(-c3cc(-c4ccccc4)cc(-c4ccccc4)c3)c21. The van der Waals surface area contributed by atoms with Crippen LogP contribution in [0.1, 0.15) is 25.2 Å². The Morgan fingerprint density at radius 1 is 0.590 bits per heavy atom. The largest absolute Gasteiger partial charge is 0.457 e. The molecule has 0 N–H and O–H groups in total. The zero-order valence-corrected chi connectivity index (χ0v) is 22.0. The first-order valence-electron chi connectivity index (χ1n) is 13.5. The average Bonchev–Trinajstić information content (AvgIpc) is 3.60. The monoisotopic (exact) mass is 501 g/mol. The van der Waals surface area contributed by atoms with Crippen molar-refractivity contribution in [2.75, 3.05) is 0 Å². The summed E-state index contributed by atoms with van der Waals surface area (Å²) >= 11 is 0. The minimum atomic E-state index is -0.196. The van der Waals surface area contributed by atoms with Gasteiger partial charge in [-0.05, 0) is 77.6 Å². The minimum absolute atomic E-state index is 0.196. The minimum Gasteiger partial charge on any atom is -0.457 e. The molecule has 2 heteroatoms. The highest BCUT2D eigenvalue weighted by molar-refractivity contribution is 6.13. The third kappa shape index (κ3) is 3.15. The van der Waals surface area contributed by atoms with Crippen LogP contribution < -0.4 is 0 Å². The van der Waals surface area contributed by atoms with Crippen LogP contribution in [-0.4, -0.2) is 4.57 Å². The van der Waals surface area contributed by atoms with Gasteiger partial charge >= 0.3 is 0 Å². The lowest BCUT2D eigenvalue weighted by molar-refractivity contribution is 0.466. The van der Waals surface area contributed by atoms with Crippen LogP contribution in [0.15, 0.2) is 132 Å². The first kappa shape index (κ1) is 22.2. The van der Waals surface area contributed by atoms with Crippen molar-refractivity contribution in [3.05, 3.63) is 139 Å². The molecule has 1 aliphatic rings. The molecule has 186 valence electrons. The molecule has 1 aliphatic carbocycles. The van der Waals surface area contributed by atoms with Gasteiger partial charge in [0.25, 0.3) is 0 Å². The van der Waals surface area contributed by atoms with Crippen LogP contribution in [0.25, 0.3) is 61.1 Å². The van der Waals surface area contributed by atoms with Gasteiger partial charge in [0.15, 0.2) is 5.58 Å². The van der Waals surface area contributed by atoms with Crippen LogP contribution in [0.4, 0.5) is 0 Å². The summed E-state index contributed by atoms with van der Waals surface area (Å²) in [6, 6.07) is 45.6. The van der Waals surface area contributed by atoms with Crippen LogP contribution in [0.5, 0.6) is 0 Å². The molecule has 5 aromatic carbocycles. The summed E-state index contributed by atoms with van der Waals surface area (Å²) in [5.74, 6) is 1.05. The fourth-order valence-corrected chi connectivity index (χ4v) is 6.46. The number of nitrogens with zero attached hydrogens (tertiary/aromatic N) is 1. The summed E-state index contributed by atoms with van der Waals surface area (Å²) in [6.45, 7) is 4.55. The highest BCUT2D eigenvalue weighted by atomic mass is 16.3. The van der Waals surface area contributed by atoms with E-state index in [1.807, 2.05) is 0 Å². The Bertz CT molecular complexity index is 1970. The molecular weight excluding hydrogens is 474 g/mol. The summed E-state index contributed by atoms with van der Waals surface area (Å²) in [5.41, 5.74) is 12.8. The van der Waals surface area contributed by atoms with E-state index in [1.54, 1.807) is 0 Å². The van der Waals surface area contributed by atoms with E-state index in [2.05, 4.69) is 146 Å². The molecule has 8 rings (SSSR count). The molecule has 0 fully saturated rings. The van der Waals surface area contributed by atoms with Crippen molar-refractivity contribution in [3.63, 3.8) is 0 Å². The predicted molar refractivity (Wildman–Crippen MR) is 161 cm³/mol. The number of fused-ring (bicyclic) bond motifs is 7. The van der Waals surface area contributed by atoms with Crippen molar-refractivity contribution < 1.29 is 4.42 Å². The maximum absolute atomic E-state index is 6.83. The van der Waals surface area contributed by atoms with Crippen molar-refractivity contribution in [1.29, 1.82) is 0 Å². The predicted octanol–water partition coefficient (Wildman–Crippen LogP) is 10.0. The Morgan fingerprint density at radius 3 is 1.87 bits per heavy atom. The van der Waals surface area contributed by atoms with Crippen molar-refractivity contribution in [2.24, 2.45) is 0 Å². The van der Waals surface area contributed by atoms with Crippen LogP contribution in [0.3, 0.4) is 0 Å². The molecule has 7 aromatic rings. The Morgan fingerprint density at radius 2 is 1.18 bits per heavy atom. The van der Waals surface area contributed by atoms with Gasteiger partial charge in [0, 0.05) is 22.1 Å². The number of rotatable bonds is 3. The van der Waals surface area contributed by atoms with Gasteiger partial charge in [-0.3, -0.25) is 0 Å².